The molecule has 1 rings (SSSR count). The number of hydrogen-bond acceptors (Lipinski definition) is 5. The largest absolute Gasteiger partial charge is 1.00 e. The molecule has 0 aliphatic carbocycles. The maximum atomic E-state index is 12.4. The van der Waals surface area contributed by atoms with E-state index >= 15 is 0 Å². The zero-order valence-electron chi connectivity index (χ0n) is 18.9. The third-order valence-corrected chi connectivity index (χ3v) is 4.50. The summed E-state index contributed by atoms with van der Waals surface area (Å²) in [6.45, 7) is 6.63. The number of esters is 1. The molecule has 1 saturated heterocycles. The van der Waals surface area contributed by atoms with Crippen molar-refractivity contribution in [2.24, 2.45) is 0 Å². The average Bonchev–Trinajstić information content (AvgIpc) is 2.95. The fraction of sp³-hybridized carbons (Fsp3) is 0.850. The Kier molecular flexibility index (Phi) is 11.5. The lowest BCUT2D eigenvalue weighted by molar-refractivity contribution is -0.870. The van der Waals surface area contributed by atoms with E-state index in [1.54, 1.807) is 20.8 Å². The Morgan fingerprint density at radius 3 is 2.24 bits per heavy atom. The lowest BCUT2D eigenvalue weighted by Crippen LogP contribution is -3.00. The number of hydrogen-bond donors (Lipinski definition) is 1. The number of likely N-dealkylation sites (tertiary alicyclic amines) is 1. The molecule has 1 heterocycles. The molecular formula is C20H38IN3O5. The van der Waals surface area contributed by atoms with Gasteiger partial charge in [0.25, 0.3) is 0 Å². The normalized spacial score (nSPS) is 19.3. The predicted octanol–water partition coefficient (Wildman–Crippen LogP) is -1.08. The summed E-state index contributed by atoms with van der Waals surface area (Å²) < 4.78 is 11.1. The number of carbonyl (C=O) groups is 3. The summed E-state index contributed by atoms with van der Waals surface area (Å²) in [4.78, 5) is 38.1. The third-order valence-electron chi connectivity index (χ3n) is 4.50. The van der Waals surface area contributed by atoms with Crippen LogP contribution in [-0.4, -0.2) is 86.4 Å². The number of unbranched alkanes of at least 4 members (excludes halogenated alkanes) is 2. The molecule has 0 saturated carbocycles. The molecule has 0 radical (unpaired) electrons. The first-order valence-electron chi connectivity index (χ1n) is 9.99. The van der Waals surface area contributed by atoms with Crippen LogP contribution in [0, 0.1) is 0 Å². The topological polar surface area (TPSA) is 84.9 Å². The van der Waals surface area contributed by atoms with Gasteiger partial charge in [0.15, 0.2) is 0 Å². The van der Waals surface area contributed by atoms with E-state index in [0.29, 0.717) is 12.8 Å². The molecule has 170 valence electrons. The lowest BCUT2D eigenvalue weighted by Gasteiger charge is -2.27. The van der Waals surface area contributed by atoms with E-state index in [1.807, 2.05) is 0 Å². The Morgan fingerprint density at radius 1 is 1.10 bits per heavy atom. The van der Waals surface area contributed by atoms with Gasteiger partial charge in [-0.3, -0.25) is 9.69 Å². The number of methoxy groups -OCH3 is 1. The molecule has 0 aromatic rings. The zero-order valence-corrected chi connectivity index (χ0v) is 21.1. The Bertz CT molecular complexity index is 557. The fourth-order valence-corrected chi connectivity index (χ4v) is 3.17. The van der Waals surface area contributed by atoms with Gasteiger partial charge >= 0.3 is 12.1 Å². The molecule has 0 unspecified atom stereocenters. The van der Waals surface area contributed by atoms with Gasteiger partial charge in [0.05, 0.1) is 34.8 Å². The third kappa shape index (κ3) is 11.0. The van der Waals surface area contributed by atoms with Crippen molar-refractivity contribution < 1.29 is 52.3 Å². The molecule has 1 aliphatic heterocycles. The first-order chi connectivity index (χ1) is 12.8. The van der Waals surface area contributed by atoms with E-state index in [-0.39, 0.29) is 42.5 Å². The SMILES string of the molecule is COC(=O)[C@H]1C[C@H](NC(=O)CCCCC[N+](C)(C)C)CN1C(=O)OC(C)(C)C.[I-]. The Morgan fingerprint density at radius 2 is 1.72 bits per heavy atom. The summed E-state index contributed by atoms with van der Waals surface area (Å²) in [6.07, 6.45) is 3.12. The van der Waals surface area contributed by atoms with Crippen LogP contribution in [-0.2, 0) is 19.1 Å². The number of nitrogens with one attached hydrogen (secondary N) is 1. The van der Waals surface area contributed by atoms with Gasteiger partial charge < -0.3 is 43.3 Å². The van der Waals surface area contributed by atoms with Gasteiger partial charge in [-0.05, 0) is 40.0 Å². The number of amides is 2. The number of nitrogens with zero attached hydrogens (tertiary/aromatic N) is 2. The van der Waals surface area contributed by atoms with Gasteiger partial charge in [-0.15, -0.1) is 0 Å². The van der Waals surface area contributed by atoms with E-state index in [2.05, 4.69) is 26.5 Å². The summed E-state index contributed by atoms with van der Waals surface area (Å²) in [5.41, 5.74) is -0.662. The Balaban J connectivity index is 0.00000784. The molecule has 1 N–H and O–H groups in total. The molecule has 29 heavy (non-hydrogen) atoms. The van der Waals surface area contributed by atoms with Crippen LogP contribution < -0.4 is 29.3 Å². The van der Waals surface area contributed by atoms with Gasteiger partial charge in [0, 0.05) is 25.4 Å². The van der Waals surface area contributed by atoms with Crippen LogP contribution >= 0.6 is 0 Å². The Labute approximate surface area is 192 Å². The number of carbonyl (C=O) groups excluding carboxylic acids is 3. The van der Waals surface area contributed by atoms with Crippen molar-refractivity contribution in [2.45, 2.75) is 70.6 Å². The van der Waals surface area contributed by atoms with Crippen LogP contribution in [0.25, 0.3) is 0 Å². The van der Waals surface area contributed by atoms with Crippen LogP contribution in [0.15, 0.2) is 0 Å². The van der Waals surface area contributed by atoms with Crippen molar-refractivity contribution in [3.05, 3.63) is 0 Å². The summed E-state index contributed by atoms with van der Waals surface area (Å²) in [7, 11) is 7.75. The van der Waals surface area contributed by atoms with Crippen LogP contribution in [0.4, 0.5) is 4.79 Å². The highest BCUT2D eigenvalue weighted by atomic mass is 127. The zero-order chi connectivity index (χ0) is 21.5. The van der Waals surface area contributed by atoms with E-state index in [1.165, 1.54) is 12.0 Å². The standard InChI is InChI=1S/C20H37N3O5.HI/c1-20(2,3)28-19(26)22-14-15(13-16(22)18(25)27-7)21-17(24)11-9-8-10-12-23(4,5)6;/h15-16H,8-14H2,1-7H3;1H/t15-,16+;/m0./s1. The van der Waals surface area contributed by atoms with Gasteiger partial charge in [-0.25, -0.2) is 9.59 Å². The molecule has 2 atom stereocenters. The second-order valence-corrected chi connectivity index (χ2v) is 9.50. The van der Waals surface area contributed by atoms with Gasteiger partial charge in [-0.2, -0.15) is 0 Å². The summed E-state index contributed by atoms with van der Waals surface area (Å²) >= 11 is 0. The average molecular weight is 527 g/mol. The smallest absolute Gasteiger partial charge is 0.411 e. The minimum Gasteiger partial charge on any atom is -1.00 e. The molecule has 1 fully saturated rings. The number of halogens is 1. The summed E-state index contributed by atoms with van der Waals surface area (Å²) in [6, 6.07) is -1.02. The van der Waals surface area contributed by atoms with E-state index in [4.69, 9.17) is 9.47 Å². The minimum absolute atomic E-state index is 0. The fourth-order valence-electron chi connectivity index (χ4n) is 3.17. The molecule has 8 nitrogen and oxygen atoms in total. The maximum Gasteiger partial charge on any atom is 0.411 e. The first kappa shape index (κ1) is 27.9. The first-order valence-corrected chi connectivity index (χ1v) is 9.99. The highest BCUT2D eigenvalue weighted by molar-refractivity contribution is 5.83. The molecule has 0 spiro atoms. The van der Waals surface area contributed by atoms with Gasteiger partial charge in [-0.1, -0.05) is 0 Å². The molecule has 0 aromatic heterocycles. The number of ether oxygens (including phenoxy) is 2. The van der Waals surface area contributed by atoms with E-state index in [9.17, 15) is 14.4 Å². The van der Waals surface area contributed by atoms with Crippen molar-refractivity contribution in [3.8, 4) is 0 Å². The van der Waals surface area contributed by atoms with Gasteiger partial charge in [0.2, 0.25) is 5.91 Å². The molecular weight excluding hydrogens is 489 g/mol. The molecule has 1 aliphatic rings. The molecule has 2 amide bonds. The highest BCUT2D eigenvalue weighted by Gasteiger charge is 2.42. The van der Waals surface area contributed by atoms with E-state index in [0.717, 1.165) is 30.3 Å². The second kappa shape index (κ2) is 11.9. The number of quaternary nitrogens is 1. The number of rotatable bonds is 8. The predicted molar refractivity (Wildman–Crippen MR) is 107 cm³/mol. The van der Waals surface area contributed by atoms with Crippen molar-refractivity contribution >= 4 is 18.0 Å². The minimum atomic E-state index is -0.741. The molecule has 0 bridgehead atoms. The van der Waals surface area contributed by atoms with Gasteiger partial charge in [0.1, 0.15) is 11.6 Å². The highest BCUT2D eigenvalue weighted by Crippen LogP contribution is 2.22. The van der Waals surface area contributed by atoms with Crippen molar-refractivity contribution in [1.82, 2.24) is 10.2 Å². The van der Waals surface area contributed by atoms with Crippen molar-refractivity contribution in [2.75, 3.05) is 41.3 Å². The maximum absolute atomic E-state index is 12.4. The summed E-state index contributed by atoms with van der Waals surface area (Å²) in [5, 5.41) is 2.94. The monoisotopic (exact) mass is 527 g/mol. The molecule has 9 heteroatoms. The second-order valence-electron chi connectivity index (χ2n) is 9.50. The van der Waals surface area contributed by atoms with Crippen LogP contribution in [0.3, 0.4) is 0 Å². The Hall–Kier alpha value is -1.10. The van der Waals surface area contributed by atoms with Crippen LogP contribution in [0.5, 0.6) is 0 Å². The molecule has 0 aromatic carbocycles. The lowest BCUT2D eigenvalue weighted by atomic mass is 10.1. The summed E-state index contributed by atoms with van der Waals surface area (Å²) in [5.74, 6) is -0.548. The van der Waals surface area contributed by atoms with Crippen LogP contribution in [0.1, 0.15) is 52.9 Å². The quantitative estimate of drug-likeness (QED) is 0.188. The van der Waals surface area contributed by atoms with E-state index < -0.39 is 23.7 Å². The van der Waals surface area contributed by atoms with Crippen LogP contribution in [0.2, 0.25) is 0 Å². The van der Waals surface area contributed by atoms with Crippen molar-refractivity contribution in [3.63, 3.8) is 0 Å². The van der Waals surface area contributed by atoms with Crippen molar-refractivity contribution in [1.29, 1.82) is 0 Å².